The van der Waals surface area contributed by atoms with Gasteiger partial charge >= 0.3 is 0 Å². The fourth-order valence-corrected chi connectivity index (χ4v) is 5.79. The number of nitrogens with one attached hydrogen (secondary N) is 1. The topological polar surface area (TPSA) is 38.3 Å². The Morgan fingerprint density at radius 3 is 2.30 bits per heavy atom. The first kappa shape index (κ1) is 13.1. The van der Waals surface area contributed by atoms with Crippen molar-refractivity contribution in [2.45, 2.75) is 63.9 Å². The first-order chi connectivity index (χ1) is 9.73. The summed E-state index contributed by atoms with van der Waals surface area (Å²) in [6.07, 6.45) is 11.5. The quantitative estimate of drug-likeness (QED) is 0.858. The van der Waals surface area contributed by atoms with Gasteiger partial charge in [-0.15, -0.1) is 0 Å². The standard InChI is InChI=1S/C17H27NO2/c19-16(18-4-3-15-2-1-5-20-15)17-9-12-6-13(10-17)8-14(7-12)11-17/h12-15H,1-11H2,(H,18,19). The Morgan fingerprint density at radius 2 is 1.75 bits per heavy atom. The molecule has 1 aliphatic heterocycles. The predicted molar refractivity (Wildman–Crippen MR) is 77.2 cm³/mol. The molecule has 0 spiro atoms. The number of carbonyl (C=O) groups excluding carboxylic acids is 1. The lowest BCUT2D eigenvalue weighted by atomic mass is 9.49. The van der Waals surface area contributed by atoms with E-state index in [4.69, 9.17) is 4.74 Å². The SMILES string of the molecule is O=C(NCCC1CCCO1)C12CC3CC(CC(C3)C1)C2. The Labute approximate surface area is 121 Å². The zero-order valence-corrected chi connectivity index (χ0v) is 12.4. The van der Waals surface area contributed by atoms with Gasteiger partial charge in [-0.2, -0.15) is 0 Å². The summed E-state index contributed by atoms with van der Waals surface area (Å²) >= 11 is 0. The molecular weight excluding hydrogens is 250 g/mol. The Morgan fingerprint density at radius 1 is 1.10 bits per heavy atom. The highest BCUT2D eigenvalue weighted by Gasteiger charge is 2.54. The van der Waals surface area contributed by atoms with E-state index >= 15 is 0 Å². The van der Waals surface area contributed by atoms with E-state index in [1.807, 2.05) is 0 Å². The molecule has 0 aromatic heterocycles. The van der Waals surface area contributed by atoms with Crippen LogP contribution < -0.4 is 5.32 Å². The fourth-order valence-electron chi connectivity index (χ4n) is 5.79. The van der Waals surface area contributed by atoms with E-state index in [0.29, 0.717) is 12.0 Å². The molecule has 1 atom stereocenters. The van der Waals surface area contributed by atoms with Crippen LogP contribution in [-0.4, -0.2) is 25.2 Å². The van der Waals surface area contributed by atoms with Gasteiger partial charge in [0.2, 0.25) is 5.91 Å². The second-order valence-corrected chi connectivity index (χ2v) is 7.88. The lowest BCUT2D eigenvalue weighted by Crippen LogP contribution is -2.53. The van der Waals surface area contributed by atoms with Gasteiger partial charge in [0.25, 0.3) is 0 Å². The summed E-state index contributed by atoms with van der Waals surface area (Å²) in [7, 11) is 0. The van der Waals surface area contributed by atoms with E-state index in [1.165, 1.54) is 51.4 Å². The minimum Gasteiger partial charge on any atom is -0.378 e. The molecule has 1 unspecified atom stereocenters. The molecule has 4 bridgehead atoms. The van der Waals surface area contributed by atoms with Crippen molar-refractivity contribution in [3.63, 3.8) is 0 Å². The van der Waals surface area contributed by atoms with Gasteiger partial charge in [-0.3, -0.25) is 4.79 Å². The zero-order chi connectivity index (χ0) is 13.6. The number of rotatable bonds is 4. The van der Waals surface area contributed by atoms with Crippen LogP contribution >= 0.6 is 0 Å². The largest absolute Gasteiger partial charge is 0.378 e. The summed E-state index contributed by atoms with van der Waals surface area (Å²) in [6, 6.07) is 0. The van der Waals surface area contributed by atoms with Gasteiger partial charge in [0.15, 0.2) is 0 Å². The second kappa shape index (κ2) is 5.01. The van der Waals surface area contributed by atoms with Crippen LogP contribution in [-0.2, 0) is 9.53 Å². The Kier molecular flexibility index (Phi) is 3.29. The van der Waals surface area contributed by atoms with Crippen LogP contribution in [0.5, 0.6) is 0 Å². The zero-order valence-electron chi connectivity index (χ0n) is 12.4. The number of ether oxygens (including phenoxy) is 1. The van der Waals surface area contributed by atoms with Gasteiger partial charge < -0.3 is 10.1 Å². The van der Waals surface area contributed by atoms with Gasteiger partial charge in [0.05, 0.1) is 6.10 Å². The minimum absolute atomic E-state index is 0.0191. The molecule has 112 valence electrons. The van der Waals surface area contributed by atoms with E-state index in [1.54, 1.807) is 0 Å². The van der Waals surface area contributed by atoms with Crippen LogP contribution in [0.15, 0.2) is 0 Å². The molecule has 4 aliphatic carbocycles. The van der Waals surface area contributed by atoms with Crippen molar-refractivity contribution in [1.29, 1.82) is 0 Å². The number of hydrogen-bond acceptors (Lipinski definition) is 2. The smallest absolute Gasteiger partial charge is 0.226 e. The Hall–Kier alpha value is -0.570. The molecule has 1 N–H and O–H groups in total. The minimum atomic E-state index is 0.0191. The van der Waals surface area contributed by atoms with Crippen molar-refractivity contribution in [2.75, 3.05) is 13.2 Å². The average Bonchev–Trinajstić information content (AvgIpc) is 2.90. The van der Waals surface area contributed by atoms with E-state index < -0.39 is 0 Å². The molecule has 0 aromatic rings. The molecule has 0 aromatic carbocycles. The van der Waals surface area contributed by atoms with Crippen LogP contribution in [0.1, 0.15) is 57.8 Å². The van der Waals surface area contributed by atoms with Crippen molar-refractivity contribution < 1.29 is 9.53 Å². The van der Waals surface area contributed by atoms with Crippen LogP contribution in [0.4, 0.5) is 0 Å². The molecule has 1 heterocycles. The summed E-state index contributed by atoms with van der Waals surface area (Å²) in [6.45, 7) is 1.72. The van der Waals surface area contributed by atoms with Gasteiger partial charge in [-0.25, -0.2) is 0 Å². The molecule has 5 fully saturated rings. The van der Waals surface area contributed by atoms with Crippen molar-refractivity contribution in [3.05, 3.63) is 0 Å². The first-order valence-electron chi connectivity index (χ1n) is 8.63. The monoisotopic (exact) mass is 277 g/mol. The maximum absolute atomic E-state index is 12.7. The molecule has 1 amide bonds. The highest BCUT2D eigenvalue weighted by atomic mass is 16.5. The third-order valence-electron chi connectivity index (χ3n) is 6.30. The van der Waals surface area contributed by atoms with Crippen molar-refractivity contribution >= 4 is 5.91 Å². The fraction of sp³-hybridized carbons (Fsp3) is 0.941. The van der Waals surface area contributed by atoms with E-state index in [2.05, 4.69) is 5.32 Å². The maximum atomic E-state index is 12.7. The highest BCUT2D eigenvalue weighted by Crippen LogP contribution is 2.60. The molecule has 5 aliphatic rings. The van der Waals surface area contributed by atoms with Gasteiger partial charge in [-0.05, 0) is 75.5 Å². The summed E-state index contributed by atoms with van der Waals surface area (Å²) in [4.78, 5) is 12.7. The van der Waals surface area contributed by atoms with Crippen LogP contribution in [0.3, 0.4) is 0 Å². The first-order valence-corrected chi connectivity index (χ1v) is 8.63. The van der Waals surface area contributed by atoms with E-state index in [-0.39, 0.29) is 5.41 Å². The predicted octanol–water partition coefficient (Wildman–Crippen LogP) is 2.89. The molecule has 5 rings (SSSR count). The van der Waals surface area contributed by atoms with Crippen LogP contribution in [0.2, 0.25) is 0 Å². The van der Waals surface area contributed by atoms with Gasteiger partial charge in [-0.1, -0.05) is 0 Å². The molecule has 4 saturated carbocycles. The lowest BCUT2D eigenvalue weighted by Gasteiger charge is -2.55. The molecule has 20 heavy (non-hydrogen) atoms. The summed E-state index contributed by atoms with van der Waals surface area (Å²) in [5, 5.41) is 3.25. The molecular formula is C17H27NO2. The van der Waals surface area contributed by atoms with Gasteiger partial charge in [0.1, 0.15) is 0 Å². The van der Waals surface area contributed by atoms with Crippen LogP contribution in [0.25, 0.3) is 0 Å². The lowest BCUT2D eigenvalue weighted by molar-refractivity contribution is -0.146. The number of amides is 1. The van der Waals surface area contributed by atoms with Gasteiger partial charge in [0, 0.05) is 18.6 Å². The molecule has 1 saturated heterocycles. The summed E-state index contributed by atoms with van der Waals surface area (Å²) in [5.41, 5.74) is 0.0191. The van der Waals surface area contributed by atoms with Crippen molar-refractivity contribution in [1.82, 2.24) is 5.32 Å². The molecule has 0 radical (unpaired) electrons. The Balaban J connectivity index is 1.33. The van der Waals surface area contributed by atoms with E-state index in [0.717, 1.165) is 37.3 Å². The average molecular weight is 277 g/mol. The number of carbonyl (C=O) groups is 1. The number of hydrogen-bond donors (Lipinski definition) is 1. The third kappa shape index (κ3) is 2.28. The second-order valence-electron chi connectivity index (χ2n) is 7.88. The van der Waals surface area contributed by atoms with Crippen molar-refractivity contribution in [3.8, 4) is 0 Å². The molecule has 3 heteroatoms. The normalized spacial score (nSPS) is 45.8. The summed E-state index contributed by atoms with van der Waals surface area (Å²) < 4.78 is 5.63. The summed E-state index contributed by atoms with van der Waals surface area (Å²) in [5.74, 6) is 2.93. The van der Waals surface area contributed by atoms with Crippen LogP contribution in [0, 0.1) is 23.2 Å². The third-order valence-corrected chi connectivity index (χ3v) is 6.30. The molecule has 3 nitrogen and oxygen atoms in total. The highest BCUT2D eigenvalue weighted by molar-refractivity contribution is 5.83. The Bertz CT molecular complexity index is 351. The van der Waals surface area contributed by atoms with Crippen molar-refractivity contribution in [2.24, 2.45) is 23.2 Å². The van der Waals surface area contributed by atoms with E-state index in [9.17, 15) is 4.79 Å². The maximum Gasteiger partial charge on any atom is 0.226 e.